The molecule has 2 aliphatic rings. The van der Waals surface area contributed by atoms with Crippen molar-refractivity contribution < 1.29 is 9.59 Å². The van der Waals surface area contributed by atoms with Crippen molar-refractivity contribution in [1.82, 2.24) is 20.1 Å². The molecule has 0 aliphatic carbocycles. The second kappa shape index (κ2) is 10.2. The van der Waals surface area contributed by atoms with Gasteiger partial charge in [-0.3, -0.25) is 9.59 Å². The van der Waals surface area contributed by atoms with Crippen molar-refractivity contribution in [2.24, 2.45) is 0 Å². The number of thiophene rings is 1. The van der Waals surface area contributed by atoms with E-state index in [1.807, 2.05) is 48.4 Å². The predicted octanol–water partition coefficient (Wildman–Crippen LogP) is 2.38. The molecular weight excluding hydrogens is 410 g/mol. The Bertz CT molecular complexity index is 871. The molecular formula is C23H31N5O2S. The van der Waals surface area contributed by atoms with Crippen molar-refractivity contribution in [1.29, 1.82) is 0 Å². The van der Waals surface area contributed by atoms with Crippen LogP contribution in [0.15, 0.2) is 36.5 Å². The topological polar surface area (TPSA) is 68.8 Å². The van der Waals surface area contributed by atoms with Crippen molar-refractivity contribution in [2.45, 2.75) is 32.2 Å². The minimum Gasteiger partial charge on any atom is -0.353 e. The van der Waals surface area contributed by atoms with Gasteiger partial charge in [-0.1, -0.05) is 6.07 Å². The van der Waals surface area contributed by atoms with Gasteiger partial charge in [-0.2, -0.15) is 0 Å². The summed E-state index contributed by atoms with van der Waals surface area (Å²) in [7, 11) is 0. The molecule has 0 unspecified atom stereocenters. The first-order valence-electron chi connectivity index (χ1n) is 11.1. The first-order chi connectivity index (χ1) is 15.1. The fraction of sp³-hybridized carbons (Fsp3) is 0.522. The fourth-order valence-corrected chi connectivity index (χ4v) is 5.02. The molecule has 2 fully saturated rings. The monoisotopic (exact) mass is 441 g/mol. The van der Waals surface area contributed by atoms with Crippen LogP contribution >= 0.6 is 11.3 Å². The third kappa shape index (κ3) is 5.83. The number of carbonyl (C=O) groups excluding carboxylic acids is 2. The summed E-state index contributed by atoms with van der Waals surface area (Å²) in [6.45, 7) is 7.84. The summed E-state index contributed by atoms with van der Waals surface area (Å²) >= 11 is 1.54. The number of pyridine rings is 1. The van der Waals surface area contributed by atoms with E-state index in [0.29, 0.717) is 6.42 Å². The zero-order valence-corrected chi connectivity index (χ0v) is 18.9. The maximum atomic E-state index is 12.7. The van der Waals surface area contributed by atoms with Gasteiger partial charge in [0.2, 0.25) is 5.91 Å². The lowest BCUT2D eigenvalue weighted by Gasteiger charge is -2.36. The minimum atomic E-state index is 0.0385. The van der Waals surface area contributed by atoms with Crippen molar-refractivity contribution >= 4 is 29.0 Å². The molecule has 4 heterocycles. The van der Waals surface area contributed by atoms with E-state index in [4.69, 9.17) is 0 Å². The molecule has 0 spiro atoms. The van der Waals surface area contributed by atoms with E-state index in [2.05, 4.69) is 20.1 Å². The Kier molecular flexibility index (Phi) is 7.19. The standard InChI is InChI=1S/C23H31N5O2S/c1-18-5-6-20(31-18)23(30)25-19-7-11-26(12-8-19)13-9-22(29)28-16-14-27(15-17-28)21-4-2-3-10-24-21/h2-6,10,19H,7-9,11-17H2,1H3,(H,25,30). The summed E-state index contributed by atoms with van der Waals surface area (Å²) in [5.41, 5.74) is 0. The molecule has 2 aliphatic heterocycles. The summed E-state index contributed by atoms with van der Waals surface area (Å²) in [6.07, 6.45) is 4.25. The number of aromatic nitrogens is 1. The van der Waals surface area contributed by atoms with Crippen LogP contribution in [0.3, 0.4) is 0 Å². The van der Waals surface area contributed by atoms with Gasteiger partial charge in [0.05, 0.1) is 4.88 Å². The molecule has 2 aromatic rings. The Morgan fingerprint density at radius 2 is 1.84 bits per heavy atom. The summed E-state index contributed by atoms with van der Waals surface area (Å²) in [4.78, 5) is 37.9. The number of nitrogens with zero attached hydrogens (tertiary/aromatic N) is 4. The molecule has 0 bridgehead atoms. The first kappa shape index (κ1) is 21.8. The van der Waals surface area contributed by atoms with E-state index in [1.54, 1.807) is 0 Å². The van der Waals surface area contributed by atoms with Crippen molar-refractivity contribution in [2.75, 3.05) is 50.7 Å². The lowest BCUT2D eigenvalue weighted by molar-refractivity contribution is -0.131. The molecule has 7 nitrogen and oxygen atoms in total. The Morgan fingerprint density at radius 1 is 1.06 bits per heavy atom. The van der Waals surface area contributed by atoms with E-state index in [1.165, 1.54) is 11.3 Å². The predicted molar refractivity (Wildman–Crippen MR) is 124 cm³/mol. The van der Waals surface area contributed by atoms with Gasteiger partial charge in [0.25, 0.3) is 5.91 Å². The number of anilines is 1. The van der Waals surface area contributed by atoms with E-state index < -0.39 is 0 Å². The third-order valence-corrected chi connectivity index (χ3v) is 7.13. The normalized spacial score (nSPS) is 18.2. The van der Waals surface area contributed by atoms with Gasteiger partial charge in [0, 0.05) is 69.3 Å². The van der Waals surface area contributed by atoms with Crippen LogP contribution in [0, 0.1) is 6.92 Å². The maximum absolute atomic E-state index is 12.7. The first-order valence-corrected chi connectivity index (χ1v) is 11.9. The molecule has 0 aromatic carbocycles. The van der Waals surface area contributed by atoms with Gasteiger partial charge in [0.1, 0.15) is 5.82 Å². The Balaban J connectivity index is 1.14. The van der Waals surface area contributed by atoms with Crippen LogP contribution in [0.5, 0.6) is 0 Å². The third-order valence-electron chi connectivity index (χ3n) is 6.13. The quantitative estimate of drug-likeness (QED) is 0.746. The average molecular weight is 442 g/mol. The largest absolute Gasteiger partial charge is 0.353 e. The summed E-state index contributed by atoms with van der Waals surface area (Å²) in [5, 5.41) is 3.16. The zero-order valence-electron chi connectivity index (χ0n) is 18.1. The highest BCUT2D eigenvalue weighted by atomic mass is 32.1. The molecule has 8 heteroatoms. The van der Waals surface area contributed by atoms with Gasteiger partial charge in [0.15, 0.2) is 0 Å². The number of piperazine rings is 1. The molecule has 0 radical (unpaired) electrons. The second-order valence-corrected chi connectivity index (χ2v) is 9.59. The molecule has 4 rings (SSSR count). The highest BCUT2D eigenvalue weighted by Gasteiger charge is 2.24. The van der Waals surface area contributed by atoms with E-state index in [0.717, 1.165) is 74.2 Å². The number of hydrogen-bond acceptors (Lipinski definition) is 6. The van der Waals surface area contributed by atoms with Crippen LogP contribution < -0.4 is 10.2 Å². The molecule has 2 saturated heterocycles. The number of aryl methyl sites for hydroxylation is 1. The number of amides is 2. The van der Waals surface area contributed by atoms with Gasteiger partial charge >= 0.3 is 0 Å². The van der Waals surface area contributed by atoms with Crippen LogP contribution in [0.25, 0.3) is 0 Å². The van der Waals surface area contributed by atoms with E-state index >= 15 is 0 Å². The molecule has 2 aromatic heterocycles. The summed E-state index contributed by atoms with van der Waals surface area (Å²) in [5.74, 6) is 1.26. The van der Waals surface area contributed by atoms with Gasteiger partial charge < -0.3 is 20.0 Å². The number of carbonyl (C=O) groups is 2. The number of likely N-dealkylation sites (tertiary alicyclic amines) is 1. The highest BCUT2D eigenvalue weighted by molar-refractivity contribution is 7.13. The molecule has 0 saturated carbocycles. The van der Waals surface area contributed by atoms with Crippen molar-refractivity contribution in [3.05, 3.63) is 46.3 Å². The number of piperidine rings is 1. The lowest BCUT2D eigenvalue weighted by Crippen LogP contribution is -2.50. The zero-order chi connectivity index (χ0) is 21.6. The number of hydrogen-bond donors (Lipinski definition) is 1. The molecule has 0 atom stereocenters. The van der Waals surface area contributed by atoms with Gasteiger partial charge in [-0.05, 0) is 44.0 Å². The Morgan fingerprint density at radius 3 is 2.48 bits per heavy atom. The summed E-state index contributed by atoms with van der Waals surface area (Å²) in [6, 6.07) is 10.0. The van der Waals surface area contributed by atoms with Crippen LogP contribution in [-0.2, 0) is 4.79 Å². The van der Waals surface area contributed by atoms with Gasteiger partial charge in [-0.15, -0.1) is 11.3 Å². The van der Waals surface area contributed by atoms with Crippen LogP contribution in [-0.4, -0.2) is 78.5 Å². The minimum absolute atomic E-state index is 0.0385. The Hall–Kier alpha value is -2.45. The molecule has 31 heavy (non-hydrogen) atoms. The average Bonchev–Trinajstić information content (AvgIpc) is 3.25. The van der Waals surface area contributed by atoms with E-state index in [9.17, 15) is 9.59 Å². The SMILES string of the molecule is Cc1ccc(C(=O)NC2CCN(CCC(=O)N3CCN(c4ccccn4)CC3)CC2)s1. The van der Waals surface area contributed by atoms with E-state index in [-0.39, 0.29) is 17.9 Å². The Labute approximate surface area is 188 Å². The highest BCUT2D eigenvalue weighted by Crippen LogP contribution is 2.17. The molecule has 2 amide bonds. The smallest absolute Gasteiger partial charge is 0.261 e. The van der Waals surface area contributed by atoms with Crippen LogP contribution in [0.1, 0.15) is 33.8 Å². The summed E-state index contributed by atoms with van der Waals surface area (Å²) < 4.78 is 0. The maximum Gasteiger partial charge on any atom is 0.261 e. The fourth-order valence-electron chi connectivity index (χ4n) is 4.25. The van der Waals surface area contributed by atoms with Crippen molar-refractivity contribution in [3.63, 3.8) is 0 Å². The van der Waals surface area contributed by atoms with Crippen LogP contribution in [0.4, 0.5) is 5.82 Å². The number of rotatable bonds is 6. The van der Waals surface area contributed by atoms with Crippen LogP contribution in [0.2, 0.25) is 0 Å². The number of nitrogens with one attached hydrogen (secondary N) is 1. The molecule has 1 N–H and O–H groups in total. The van der Waals surface area contributed by atoms with Gasteiger partial charge in [-0.25, -0.2) is 4.98 Å². The molecule has 166 valence electrons. The second-order valence-electron chi connectivity index (χ2n) is 8.31. The lowest BCUT2D eigenvalue weighted by atomic mass is 10.0. The van der Waals surface area contributed by atoms with Crippen molar-refractivity contribution in [3.8, 4) is 0 Å².